The standard InChI is InChI=1S/C14H13FN2O/c1-9-6-7-11(12(15)8-9)14(18)17-13-5-3-4-10(2)16-13/h3-8H,1-2H3,(H,16,17,18). The first-order valence-corrected chi connectivity index (χ1v) is 5.57. The molecule has 0 spiro atoms. The van der Waals surface area contributed by atoms with E-state index in [2.05, 4.69) is 10.3 Å². The molecule has 0 aliphatic rings. The van der Waals surface area contributed by atoms with Gasteiger partial charge in [0, 0.05) is 5.69 Å². The number of anilines is 1. The molecular weight excluding hydrogens is 231 g/mol. The molecule has 0 aliphatic heterocycles. The van der Waals surface area contributed by atoms with Crippen LogP contribution in [0.25, 0.3) is 0 Å². The summed E-state index contributed by atoms with van der Waals surface area (Å²) in [6, 6.07) is 9.76. The van der Waals surface area contributed by atoms with Gasteiger partial charge in [-0.2, -0.15) is 0 Å². The minimum atomic E-state index is -0.528. The molecule has 0 unspecified atom stereocenters. The highest BCUT2D eigenvalue weighted by Crippen LogP contribution is 2.12. The molecule has 0 aliphatic carbocycles. The van der Waals surface area contributed by atoms with Crippen molar-refractivity contribution in [2.75, 3.05) is 5.32 Å². The molecule has 0 saturated heterocycles. The fourth-order valence-electron chi connectivity index (χ4n) is 1.60. The molecule has 1 amide bonds. The van der Waals surface area contributed by atoms with Gasteiger partial charge in [-0.1, -0.05) is 12.1 Å². The molecule has 18 heavy (non-hydrogen) atoms. The van der Waals surface area contributed by atoms with Crippen LogP contribution in [0.4, 0.5) is 10.2 Å². The Morgan fingerprint density at radius 1 is 1.22 bits per heavy atom. The van der Waals surface area contributed by atoms with Gasteiger partial charge in [0.25, 0.3) is 5.91 Å². The summed E-state index contributed by atoms with van der Waals surface area (Å²) in [6.45, 7) is 3.59. The highest BCUT2D eigenvalue weighted by atomic mass is 19.1. The molecule has 1 N–H and O–H groups in total. The molecule has 0 atom stereocenters. The summed E-state index contributed by atoms with van der Waals surface area (Å²) in [6.07, 6.45) is 0. The zero-order chi connectivity index (χ0) is 13.1. The van der Waals surface area contributed by atoms with Gasteiger partial charge in [0.15, 0.2) is 0 Å². The maximum atomic E-state index is 13.6. The van der Waals surface area contributed by atoms with Gasteiger partial charge in [-0.3, -0.25) is 4.79 Å². The minimum absolute atomic E-state index is 0.0175. The van der Waals surface area contributed by atoms with E-state index in [1.807, 2.05) is 13.0 Å². The first kappa shape index (κ1) is 12.2. The largest absolute Gasteiger partial charge is 0.306 e. The Morgan fingerprint density at radius 2 is 2.00 bits per heavy atom. The average Bonchev–Trinajstić information content (AvgIpc) is 2.28. The molecule has 3 nitrogen and oxygen atoms in total. The van der Waals surface area contributed by atoms with Gasteiger partial charge in [0.1, 0.15) is 11.6 Å². The van der Waals surface area contributed by atoms with E-state index in [-0.39, 0.29) is 5.56 Å². The third-order valence-corrected chi connectivity index (χ3v) is 2.50. The van der Waals surface area contributed by atoms with Gasteiger partial charge in [0.05, 0.1) is 5.56 Å². The Kier molecular flexibility index (Phi) is 3.37. The average molecular weight is 244 g/mol. The number of aryl methyl sites for hydroxylation is 2. The van der Waals surface area contributed by atoms with Crippen LogP contribution in [0.5, 0.6) is 0 Å². The highest BCUT2D eigenvalue weighted by molar-refractivity contribution is 6.03. The molecule has 92 valence electrons. The number of aromatic nitrogens is 1. The Morgan fingerprint density at radius 3 is 2.67 bits per heavy atom. The molecular formula is C14H13FN2O. The second kappa shape index (κ2) is 4.96. The van der Waals surface area contributed by atoms with Crippen LogP contribution in [0.15, 0.2) is 36.4 Å². The minimum Gasteiger partial charge on any atom is -0.306 e. The molecule has 0 saturated carbocycles. The number of hydrogen-bond acceptors (Lipinski definition) is 2. The lowest BCUT2D eigenvalue weighted by Gasteiger charge is -2.06. The first-order valence-electron chi connectivity index (χ1n) is 5.57. The smallest absolute Gasteiger partial charge is 0.259 e. The van der Waals surface area contributed by atoms with Crippen LogP contribution < -0.4 is 5.32 Å². The quantitative estimate of drug-likeness (QED) is 0.882. The number of nitrogens with one attached hydrogen (secondary N) is 1. The van der Waals surface area contributed by atoms with E-state index in [9.17, 15) is 9.18 Å². The summed E-state index contributed by atoms with van der Waals surface area (Å²) < 4.78 is 13.6. The Hall–Kier alpha value is -2.23. The number of amides is 1. The Balaban J connectivity index is 2.22. The van der Waals surface area contributed by atoms with E-state index in [1.54, 1.807) is 25.1 Å². The molecule has 1 heterocycles. The van der Waals surface area contributed by atoms with E-state index in [0.717, 1.165) is 11.3 Å². The molecule has 0 fully saturated rings. The van der Waals surface area contributed by atoms with Crippen molar-refractivity contribution in [1.29, 1.82) is 0 Å². The van der Waals surface area contributed by atoms with Crippen molar-refractivity contribution in [1.82, 2.24) is 4.98 Å². The van der Waals surface area contributed by atoms with E-state index in [0.29, 0.717) is 5.82 Å². The maximum absolute atomic E-state index is 13.6. The summed E-state index contributed by atoms with van der Waals surface area (Å²) in [5.41, 5.74) is 1.58. The van der Waals surface area contributed by atoms with Crippen molar-refractivity contribution in [3.05, 3.63) is 59.0 Å². The zero-order valence-corrected chi connectivity index (χ0v) is 10.2. The number of benzene rings is 1. The second-order valence-electron chi connectivity index (χ2n) is 4.10. The summed E-state index contributed by atoms with van der Waals surface area (Å²) in [7, 11) is 0. The molecule has 1 aromatic heterocycles. The SMILES string of the molecule is Cc1ccc(C(=O)Nc2cccc(C)n2)c(F)c1. The molecule has 0 bridgehead atoms. The van der Waals surface area contributed by atoms with Crippen molar-refractivity contribution in [2.24, 2.45) is 0 Å². The molecule has 0 radical (unpaired) electrons. The fourth-order valence-corrected chi connectivity index (χ4v) is 1.60. The summed E-state index contributed by atoms with van der Waals surface area (Å²) in [4.78, 5) is 16.0. The van der Waals surface area contributed by atoms with Gasteiger partial charge in [0.2, 0.25) is 0 Å². The third-order valence-electron chi connectivity index (χ3n) is 2.50. The van der Waals surface area contributed by atoms with Crippen molar-refractivity contribution in [3.8, 4) is 0 Å². The van der Waals surface area contributed by atoms with Crippen molar-refractivity contribution in [2.45, 2.75) is 13.8 Å². The van der Waals surface area contributed by atoms with Crippen molar-refractivity contribution in [3.63, 3.8) is 0 Å². The highest BCUT2D eigenvalue weighted by Gasteiger charge is 2.12. The number of nitrogens with zero attached hydrogens (tertiary/aromatic N) is 1. The van der Waals surface area contributed by atoms with Crippen LogP contribution in [-0.2, 0) is 0 Å². The van der Waals surface area contributed by atoms with Crippen LogP contribution in [0, 0.1) is 19.7 Å². The van der Waals surface area contributed by atoms with E-state index in [4.69, 9.17) is 0 Å². The van der Waals surface area contributed by atoms with Crippen LogP contribution in [0.2, 0.25) is 0 Å². The van der Waals surface area contributed by atoms with Crippen LogP contribution >= 0.6 is 0 Å². The number of halogens is 1. The maximum Gasteiger partial charge on any atom is 0.259 e. The number of carbonyl (C=O) groups is 1. The molecule has 2 aromatic rings. The number of pyridine rings is 1. The lowest BCUT2D eigenvalue weighted by atomic mass is 10.1. The molecule has 2 rings (SSSR count). The third kappa shape index (κ3) is 2.71. The second-order valence-corrected chi connectivity index (χ2v) is 4.10. The van der Waals surface area contributed by atoms with Crippen molar-refractivity contribution < 1.29 is 9.18 Å². The topological polar surface area (TPSA) is 42.0 Å². The summed E-state index contributed by atoms with van der Waals surface area (Å²) in [5.74, 6) is -0.606. The number of rotatable bonds is 2. The van der Waals surface area contributed by atoms with Gasteiger partial charge in [-0.15, -0.1) is 0 Å². The first-order chi connectivity index (χ1) is 8.56. The molecule has 4 heteroatoms. The normalized spacial score (nSPS) is 10.2. The summed E-state index contributed by atoms with van der Waals surface area (Å²) >= 11 is 0. The van der Waals surface area contributed by atoms with Gasteiger partial charge in [-0.05, 0) is 43.7 Å². The monoisotopic (exact) mass is 244 g/mol. The van der Waals surface area contributed by atoms with Gasteiger partial charge >= 0.3 is 0 Å². The zero-order valence-electron chi connectivity index (χ0n) is 10.2. The lowest BCUT2D eigenvalue weighted by Crippen LogP contribution is -2.14. The van der Waals surface area contributed by atoms with Crippen molar-refractivity contribution >= 4 is 11.7 Å². The Bertz CT molecular complexity index is 596. The fraction of sp³-hybridized carbons (Fsp3) is 0.143. The number of hydrogen-bond donors (Lipinski definition) is 1. The van der Waals surface area contributed by atoms with Crippen LogP contribution in [0.1, 0.15) is 21.6 Å². The van der Waals surface area contributed by atoms with Crippen LogP contribution in [-0.4, -0.2) is 10.9 Å². The van der Waals surface area contributed by atoms with Gasteiger partial charge in [-0.25, -0.2) is 9.37 Å². The Labute approximate surface area is 105 Å². The summed E-state index contributed by atoms with van der Waals surface area (Å²) in [5, 5.41) is 2.57. The van der Waals surface area contributed by atoms with E-state index < -0.39 is 11.7 Å². The molecule has 1 aromatic carbocycles. The van der Waals surface area contributed by atoms with Crippen LogP contribution in [0.3, 0.4) is 0 Å². The van der Waals surface area contributed by atoms with Gasteiger partial charge < -0.3 is 5.32 Å². The number of carbonyl (C=O) groups excluding carboxylic acids is 1. The van der Waals surface area contributed by atoms with E-state index in [1.165, 1.54) is 12.1 Å². The predicted molar refractivity (Wildman–Crippen MR) is 68.1 cm³/mol. The van der Waals surface area contributed by atoms with E-state index >= 15 is 0 Å². The predicted octanol–water partition coefficient (Wildman–Crippen LogP) is 3.09. The lowest BCUT2D eigenvalue weighted by molar-refractivity contribution is 0.102.